The molecular formula is C17H16FNO5S. The van der Waals surface area contributed by atoms with E-state index in [1.54, 1.807) is 0 Å². The summed E-state index contributed by atoms with van der Waals surface area (Å²) in [5.41, 5.74) is 1.03. The predicted octanol–water partition coefficient (Wildman–Crippen LogP) is 1.74. The Kier molecular flexibility index (Phi) is 5.68. The minimum Gasteiger partial charge on any atom is -0.478 e. The lowest BCUT2D eigenvalue weighted by Gasteiger charge is -2.14. The summed E-state index contributed by atoms with van der Waals surface area (Å²) in [5, 5.41) is 23.7. The highest BCUT2D eigenvalue weighted by Gasteiger charge is 2.18. The van der Waals surface area contributed by atoms with Crippen molar-refractivity contribution in [3.63, 3.8) is 0 Å². The first-order chi connectivity index (χ1) is 11.7. The number of hydrogen-bond donors (Lipinski definition) is 3. The number of carboxylic acid groups (broad SMARTS) is 1. The summed E-state index contributed by atoms with van der Waals surface area (Å²) in [6.07, 6.45) is -0.126. The molecule has 6 nitrogen and oxygen atoms in total. The van der Waals surface area contributed by atoms with Crippen LogP contribution in [0.2, 0.25) is 0 Å². The molecule has 0 radical (unpaired) electrons. The van der Waals surface area contributed by atoms with Crippen molar-refractivity contribution in [2.75, 3.05) is 6.61 Å². The first-order valence-corrected chi connectivity index (χ1v) is 8.75. The molecule has 0 spiro atoms. The molecule has 0 aliphatic carbocycles. The SMILES string of the molecule is NS(=O)(=O)c1ccc(/C(=C(\CCO)C(=O)O)c2ccc(F)cc2)cc1. The Bertz CT molecular complexity index is 903. The molecule has 0 aliphatic rings. The second kappa shape index (κ2) is 7.56. The molecule has 2 aromatic carbocycles. The van der Waals surface area contributed by atoms with Crippen molar-refractivity contribution in [2.45, 2.75) is 11.3 Å². The fraction of sp³-hybridized carbons (Fsp3) is 0.118. The Balaban J connectivity index is 2.68. The number of primary sulfonamides is 1. The fourth-order valence-corrected chi connectivity index (χ4v) is 2.91. The van der Waals surface area contributed by atoms with E-state index in [1.165, 1.54) is 48.5 Å². The highest BCUT2D eigenvalue weighted by atomic mass is 32.2. The van der Waals surface area contributed by atoms with Gasteiger partial charge in [0.2, 0.25) is 10.0 Å². The average molecular weight is 365 g/mol. The zero-order valence-corrected chi connectivity index (χ0v) is 13.8. The summed E-state index contributed by atoms with van der Waals surface area (Å²) in [4.78, 5) is 11.5. The molecule has 0 aliphatic heterocycles. The van der Waals surface area contributed by atoms with Gasteiger partial charge in [-0.2, -0.15) is 0 Å². The van der Waals surface area contributed by atoms with Crippen LogP contribution in [0.5, 0.6) is 0 Å². The summed E-state index contributed by atoms with van der Waals surface area (Å²) in [6, 6.07) is 10.5. The van der Waals surface area contributed by atoms with E-state index in [1.807, 2.05) is 0 Å². The second-order valence-electron chi connectivity index (χ2n) is 5.21. The Morgan fingerprint density at radius 3 is 1.88 bits per heavy atom. The topological polar surface area (TPSA) is 118 Å². The van der Waals surface area contributed by atoms with Gasteiger partial charge in [-0.25, -0.2) is 22.7 Å². The molecule has 0 saturated carbocycles. The van der Waals surface area contributed by atoms with Gasteiger partial charge in [-0.05, 0) is 41.0 Å². The molecule has 2 aromatic rings. The van der Waals surface area contributed by atoms with Gasteiger partial charge in [-0.15, -0.1) is 0 Å². The smallest absolute Gasteiger partial charge is 0.332 e. The first-order valence-electron chi connectivity index (χ1n) is 7.20. The minimum atomic E-state index is -3.88. The van der Waals surface area contributed by atoms with Gasteiger partial charge in [0.15, 0.2) is 0 Å². The van der Waals surface area contributed by atoms with Crippen LogP contribution in [0, 0.1) is 5.82 Å². The zero-order valence-electron chi connectivity index (χ0n) is 13.0. The molecule has 0 saturated heterocycles. The second-order valence-corrected chi connectivity index (χ2v) is 6.77. The molecule has 0 aromatic heterocycles. The lowest BCUT2D eigenvalue weighted by Crippen LogP contribution is -2.12. The van der Waals surface area contributed by atoms with E-state index in [2.05, 4.69) is 0 Å². The van der Waals surface area contributed by atoms with E-state index in [0.717, 1.165) is 0 Å². The number of nitrogens with two attached hydrogens (primary N) is 1. The van der Waals surface area contributed by atoms with Crippen molar-refractivity contribution in [3.05, 3.63) is 71.0 Å². The molecule has 132 valence electrons. The van der Waals surface area contributed by atoms with Gasteiger partial charge in [-0.3, -0.25) is 0 Å². The van der Waals surface area contributed by atoms with E-state index in [0.29, 0.717) is 11.1 Å². The summed E-state index contributed by atoms with van der Waals surface area (Å²) in [5.74, 6) is -1.71. The molecule has 2 rings (SSSR count). The van der Waals surface area contributed by atoms with Crippen LogP contribution in [-0.4, -0.2) is 31.2 Å². The number of hydrogen-bond acceptors (Lipinski definition) is 4. The van der Waals surface area contributed by atoms with Crippen molar-refractivity contribution in [1.29, 1.82) is 0 Å². The number of aliphatic hydroxyl groups excluding tert-OH is 1. The van der Waals surface area contributed by atoms with Gasteiger partial charge in [0, 0.05) is 18.6 Å². The number of sulfonamides is 1. The first kappa shape index (κ1) is 18.8. The standard InChI is InChI=1S/C17H16FNO5S/c18-13-5-1-11(2-6-13)16(15(9-10-20)17(21)22)12-3-7-14(8-4-12)25(19,23)24/h1-8,20H,9-10H2,(H,21,22)(H2,19,23,24)/b16-15+. The molecule has 0 amide bonds. The van der Waals surface area contributed by atoms with Gasteiger partial charge in [-0.1, -0.05) is 24.3 Å². The van der Waals surface area contributed by atoms with Crippen molar-refractivity contribution in [2.24, 2.45) is 5.14 Å². The lowest BCUT2D eigenvalue weighted by molar-refractivity contribution is -0.132. The van der Waals surface area contributed by atoms with E-state index in [9.17, 15) is 22.7 Å². The third-order valence-electron chi connectivity index (χ3n) is 3.53. The van der Waals surface area contributed by atoms with Crippen LogP contribution >= 0.6 is 0 Å². The normalized spacial score (nSPS) is 12.6. The van der Waals surface area contributed by atoms with Gasteiger partial charge in [0.25, 0.3) is 0 Å². The van der Waals surface area contributed by atoms with Crippen LogP contribution in [-0.2, 0) is 14.8 Å². The van der Waals surface area contributed by atoms with E-state index >= 15 is 0 Å². The quantitative estimate of drug-likeness (QED) is 0.674. The molecular weight excluding hydrogens is 349 g/mol. The van der Waals surface area contributed by atoms with E-state index in [4.69, 9.17) is 10.2 Å². The maximum atomic E-state index is 13.2. The number of benzene rings is 2. The molecule has 25 heavy (non-hydrogen) atoms. The molecule has 0 unspecified atom stereocenters. The van der Waals surface area contributed by atoms with Gasteiger partial charge < -0.3 is 10.2 Å². The van der Waals surface area contributed by atoms with Gasteiger partial charge in [0.05, 0.1) is 4.90 Å². The summed E-state index contributed by atoms with van der Waals surface area (Å²) < 4.78 is 35.9. The van der Waals surface area contributed by atoms with Crippen LogP contribution in [0.15, 0.2) is 59.0 Å². The zero-order chi connectivity index (χ0) is 18.6. The molecule has 8 heteroatoms. The molecule has 0 heterocycles. The van der Waals surface area contributed by atoms with Crippen LogP contribution in [0.3, 0.4) is 0 Å². The largest absolute Gasteiger partial charge is 0.478 e. The predicted molar refractivity (Wildman–Crippen MR) is 89.6 cm³/mol. The summed E-state index contributed by atoms with van der Waals surface area (Å²) in [6.45, 7) is -0.387. The van der Waals surface area contributed by atoms with E-state index in [-0.39, 0.29) is 29.1 Å². The monoisotopic (exact) mass is 365 g/mol. The maximum absolute atomic E-state index is 13.2. The molecule has 0 bridgehead atoms. The van der Waals surface area contributed by atoms with Crippen LogP contribution in [0.25, 0.3) is 5.57 Å². The van der Waals surface area contributed by atoms with Gasteiger partial charge in [0.1, 0.15) is 5.82 Å². The van der Waals surface area contributed by atoms with Crippen LogP contribution in [0.1, 0.15) is 17.5 Å². The Labute approximate surface area is 144 Å². The van der Waals surface area contributed by atoms with Crippen molar-refractivity contribution < 1.29 is 27.8 Å². The minimum absolute atomic E-state index is 0.0718. The van der Waals surface area contributed by atoms with Crippen LogP contribution in [0.4, 0.5) is 4.39 Å². The number of aliphatic carboxylic acids is 1. The average Bonchev–Trinajstić information content (AvgIpc) is 2.55. The summed E-state index contributed by atoms with van der Waals surface area (Å²) in [7, 11) is -3.88. The molecule has 4 N–H and O–H groups in total. The number of aliphatic hydroxyl groups is 1. The molecule has 0 atom stereocenters. The lowest BCUT2D eigenvalue weighted by atomic mass is 9.91. The third-order valence-corrected chi connectivity index (χ3v) is 4.46. The number of rotatable bonds is 6. The van der Waals surface area contributed by atoms with Gasteiger partial charge >= 0.3 is 5.97 Å². The number of carboxylic acids is 1. The van der Waals surface area contributed by atoms with E-state index < -0.39 is 21.8 Å². The highest BCUT2D eigenvalue weighted by Crippen LogP contribution is 2.29. The third kappa shape index (κ3) is 4.50. The highest BCUT2D eigenvalue weighted by molar-refractivity contribution is 7.89. The fourth-order valence-electron chi connectivity index (χ4n) is 2.39. The number of carbonyl (C=O) groups is 1. The van der Waals surface area contributed by atoms with Crippen molar-refractivity contribution in [1.82, 2.24) is 0 Å². The maximum Gasteiger partial charge on any atom is 0.332 e. The van der Waals surface area contributed by atoms with Crippen LogP contribution < -0.4 is 5.14 Å². The Morgan fingerprint density at radius 2 is 1.48 bits per heavy atom. The molecule has 0 fully saturated rings. The van der Waals surface area contributed by atoms with Crippen molar-refractivity contribution in [3.8, 4) is 0 Å². The Hall–Kier alpha value is -2.55. The summed E-state index contributed by atoms with van der Waals surface area (Å²) >= 11 is 0. The number of halogens is 1. The van der Waals surface area contributed by atoms with Crippen molar-refractivity contribution >= 4 is 21.6 Å². The Morgan fingerprint density at radius 1 is 1.00 bits per heavy atom.